The summed E-state index contributed by atoms with van der Waals surface area (Å²) < 4.78 is 0. The van der Waals surface area contributed by atoms with Gasteiger partial charge >= 0.3 is 0 Å². The van der Waals surface area contributed by atoms with Gasteiger partial charge in [-0.15, -0.1) is 12.8 Å². The van der Waals surface area contributed by atoms with Crippen LogP contribution in [0.4, 0.5) is 0 Å². The van der Waals surface area contributed by atoms with Gasteiger partial charge in [-0.25, -0.2) is 0 Å². The summed E-state index contributed by atoms with van der Waals surface area (Å²) >= 11 is 4.20. The molecular weight excluding hydrogens is 318 g/mol. The van der Waals surface area contributed by atoms with Crippen molar-refractivity contribution in [1.82, 2.24) is 14.7 Å². The normalized spacial score (nSPS) is 13.3. The molecule has 1 aliphatic heterocycles. The molecule has 1 amide bonds. The zero-order valence-corrected chi connectivity index (χ0v) is 18.4. The predicted octanol–water partition coefficient (Wildman–Crippen LogP) is 3.34. The second kappa shape index (κ2) is 27.2. The summed E-state index contributed by atoms with van der Waals surface area (Å²) in [6, 6.07) is 0. The highest BCUT2D eigenvalue weighted by atomic mass is 32.1. The van der Waals surface area contributed by atoms with Crippen LogP contribution in [0.25, 0.3) is 0 Å². The first-order chi connectivity index (χ1) is 11.5. The van der Waals surface area contributed by atoms with E-state index in [1.54, 1.807) is 19.0 Å². The van der Waals surface area contributed by atoms with E-state index in [4.69, 9.17) is 0 Å². The highest BCUT2D eigenvalue weighted by molar-refractivity contribution is 7.80. The van der Waals surface area contributed by atoms with Gasteiger partial charge in [0.05, 0.1) is 0 Å². The molecule has 0 spiro atoms. The van der Waals surface area contributed by atoms with Gasteiger partial charge in [0, 0.05) is 46.7 Å². The zero-order chi connectivity index (χ0) is 20.0. The molecule has 1 rings (SSSR count). The minimum Gasteiger partial charge on any atom is -0.349 e. The summed E-state index contributed by atoms with van der Waals surface area (Å²) in [5.41, 5.74) is 0. The molecule has 0 radical (unpaired) electrons. The summed E-state index contributed by atoms with van der Waals surface area (Å²) in [6.07, 6.45) is 9.83. The van der Waals surface area contributed by atoms with Crippen molar-refractivity contribution in [2.75, 3.05) is 59.6 Å². The number of carbonyl (C=O) groups excluding carboxylic acids is 1. The Hall–Kier alpha value is -0.700. The van der Waals surface area contributed by atoms with E-state index in [0.29, 0.717) is 6.42 Å². The monoisotopic (exact) mass is 361 g/mol. The van der Waals surface area contributed by atoms with Crippen molar-refractivity contribution < 1.29 is 4.79 Å². The standard InChI is InChI=1S/C8H18N2S.C5H11NO.2C2H6.C2H2/c1-9-4-6-10(7-5-9)3-2-8-11;1-4-5(7)6(2)3;3*1-2/h11H,2-8H2,1H3;4H2,1-3H3;2*1-2H3;1-2H. The number of terminal acetylenes is 1. The number of hydrogen-bond donors (Lipinski definition) is 1. The Balaban J connectivity index is -0.000000134. The highest BCUT2D eigenvalue weighted by Gasteiger charge is 2.11. The summed E-state index contributed by atoms with van der Waals surface area (Å²) in [6.45, 7) is 16.0. The molecule has 24 heavy (non-hydrogen) atoms. The Bertz CT molecular complexity index is 247. The lowest BCUT2D eigenvalue weighted by molar-refractivity contribution is -0.128. The van der Waals surface area contributed by atoms with Gasteiger partial charge < -0.3 is 14.7 Å². The smallest absolute Gasteiger partial charge is 0.221 e. The van der Waals surface area contributed by atoms with Gasteiger partial charge in [0.25, 0.3) is 0 Å². The first-order valence-electron chi connectivity index (χ1n) is 9.06. The third kappa shape index (κ3) is 23.6. The van der Waals surface area contributed by atoms with E-state index < -0.39 is 0 Å². The van der Waals surface area contributed by atoms with Crippen molar-refractivity contribution >= 4 is 18.5 Å². The van der Waals surface area contributed by atoms with Crippen LogP contribution in [0.3, 0.4) is 0 Å². The molecule has 1 fully saturated rings. The molecule has 5 heteroatoms. The van der Waals surface area contributed by atoms with Gasteiger partial charge in [0.1, 0.15) is 0 Å². The number of thiol groups is 1. The average Bonchev–Trinajstić information content (AvgIpc) is 2.66. The molecule has 1 aliphatic rings. The first kappa shape index (κ1) is 31.1. The maximum Gasteiger partial charge on any atom is 0.221 e. The Labute approximate surface area is 158 Å². The third-order valence-electron chi connectivity index (χ3n) is 3.03. The zero-order valence-electron chi connectivity index (χ0n) is 17.5. The van der Waals surface area contributed by atoms with Crippen LogP contribution in [0.5, 0.6) is 0 Å². The summed E-state index contributed by atoms with van der Waals surface area (Å²) in [5.74, 6) is 1.20. The SMILES string of the molecule is C#C.CC.CC.CCC(=O)N(C)C.CN1CCN(CCCS)CC1. The molecule has 0 aromatic rings. The molecule has 1 heterocycles. The highest BCUT2D eigenvalue weighted by Crippen LogP contribution is 1.99. The van der Waals surface area contributed by atoms with E-state index in [9.17, 15) is 4.79 Å². The van der Waals surface area contributed by atoms with E-state index in [0.717, 1.165) is 5.75 Å². The molecule has 0 N–H and O–H groups in total. The molecule has 0 saturated carbocycles. The molecule has 0 aromatic carbocycles. The second-order valence-electron chi connectivity index (χ2n) is 4.86. The number of rotatable bonds is 4. The summed E-state index contributed by atoms with van der Waals surface area (Å²) in [5, 5.41) is 0. The minimum absolute atomic E-state index is 0.181. The number of piperazine rings is 1. The Morgan fingerprint density at radius 2 is 1.46 bits per heavy atom. The van der Waals surface area contributed by atoms with Crippen LogP contribution in [-0.4, -0.2) is 80.2 Å². The van der Waals surface area contributed by atoms with Crippen LogP contribution in [0.15, 0.2) is 0 Å². The molecular formula is C19H43N3OS. The number of hydrogen-bond acceptors (Lipinski definition) is 4. The molecule has 0 unspecified atom stereocenters. The van der Waals surface area contributed by atoms with E-state index in [1.807, 2.05) is 34.6 Å². The van der Waals surface area contributed by atoms with E-state index in [-0.39, 0.29) is 5.91 Å². The Kier molecular flexibility index (Phi) is 35.2. The predicted molar refractivity (Wildman–Crippen MR) is 114 cm³/mol. The van der Waals surface area contributed by atoms with Gasteiger partial charge in [-0.1, -0.05) is 34.6 Å². The largest absolute Gasteiger partial charge is 0.349 e. The van der Waals surface area contributed by atoms with Crippen molar-refractivity contribution in [3.8, 4) is 12.8 Å². The topological polar surface area (TPSA) is 26.8 Å². The second-order valence-corrected chi connectivity index (χ2v) is 5.31. The summed E-state index contributed by atoms with van der Waals surface area (Å²) in [7, 11) is 5.70. The van der Waals surface area contributed by atoms with Gasteiger partial charge in [-0.2, -0.15) is 12.6 Å². The minimum atomic E-state index is 0.181. The number of likely N-dealkylation sites (N-methyl/N-ethyl adjacent to an activating group) is 1. The van der Waals surface area contributed by atoms with Crippen LogP contribution >= 0.6 is 12.6 Å². The van der Waals surface area contributed by atoms with Crippen LogP contribution in [0.2, 0.25) is 0 Å². The van der Waals surface area contributed by atoms with Gasteiger partial charge in [-0.05, 0) is 25.8 Å². The van der Waals surface area contributed by atoms with E-state index in [2.05, 4.69) is 42.3 Å². The lowest BCUT2D eigenvalue weighted by Gasteiger charge is -2.32. The number of carbonyl (C=O) groups is 1. The van der Waals surface area contributed by atoms with Gasteiger partial charge in [-0.3, -0.25) is 4.79 Å². The van der Waals surface area contributed by atoms with Crippen molar-refractivity contribution in [2.24, 2.45) is 0 Å². The fourth-order valence-corrected chi connectivity index (χ4v) is 1.82. The van der Waals surface area contributed by atoms with E-state index >= 15 is 0 Å². The fourth-order valence-electron chi connectivity index (χ4n) is 1.68. The maximum atomic E-state index is 10.4. The molecule has 0 aromatic heterocycles. The van der Waals surface area contributed by atoms with Crippen molar-refractivity contribution in [1.29, 1.82) is 0 Å². The molecule has 4 nitrogen and oxygen atoms in total. The molecule has 0 aliphatic carbocycles. The van der Waals surface area contributed by atoms with Crippen LogP contribution in [-0.2, 0) is 4.79 Å². The average molecular weight is 362 g/mol. The van der Waals surface area contributed by atoms with E-state index in [1.165, 1.54) is 39.1 Å². The Morgan fingerprint density at radius 3 is 1.71 bits per heavy atom. The maximum absolute atomic E-state index is 10.4. The molecule has 0 bridgehead atoms. The number of amides is 1. The summed E-state index contributed by atoms with van der Waals surface area (Å²) in [4.78, 5) is 16.9. The lowest BCUT2D eigenvalue weighted by atomic mass is 10.3. The molecule has 1 saturated heterocycles. The lowest BCUT2D eigenvalue weighted by Crippen LogP contribution is -2.44. The van der Waals surface area contributed by atoms with Crippen molar-refractivity contribution in [3.63, 3.8) is 0 Å². The molecule has 0 atom stereocenters. The van der Waals surface area contributed by atoms with Crippen molar-refractivity contribution in [2.45, 2.75) is 47.5 Å². The van der Waals surface area contributed by atoms with Crippen LogP contribution in [0.1, 0.15) is 47.5 Å². The number of nitrogens with zero attached hydrogens (tertiary/aromatic N) is 3. The third-order valence-corrected chi connectivity index (χ3v) is 3.35. The van der Waals surface area contributed by atoms with Crippen molar-refractivity contribution in [3.05, 3.63) is 0 Å². The van der Waals surface area contributed by atoms with Gasteiger partial charge in [0.15, 0.2) is 0 Å². The van der Waals surface area contributed by atoms with Crippen LogP contribution in [0, 0.1) is 12.8 Å². The quantitative estimate of drug-likeness (QED) is 0.614. The first-order valence-corrected chi connectivity index (χ1v) is 9.69. The van der Waals surface area contributed by atoms with Gasteiger partial charge in [0.2, 0.25) is 5.91 Å². The van der Waals surface area contributed by atoms with Crippen LogP contribution < -0.4 is 0 Å². The molecule has 146 valence electrons. The fraction of sp³-hybridized carbons (Fsp3) is 0.842. The Morgan fingerprint density at radius 1 is 1.04 bits per heavy atom.